The number of hydrogen-bond donors (Lipinski definition) is 1. The summed E-state index contributed by atoms with van der Waals surface area (Å²) < 4.78 is 33.1. The molecule has 31 heavy (non-hydrogen) atoms. The molecular formula is C17H21N6O7S+. The first-order valence-corrected chi connectivity index (χ1v) is 10.4. The lowest BCUT2D eigenvalue weighted by atomic mass is 10.1. The summed E-state index contributed by atoms with van der Waals surface area (Å²) >= 11 is 0. The number of rotatable bonds is 3. The Labute approximate surface area is 177 Å². The monoisotopic (exact) mass is 453 g/mol. The van der Waals surface area contributed by atoms with E-state index >= 15 is 0 Å². The number of quaternary nitrogens is 1. The molecule has 2 amide bonds. The van der Waals surface area contributed by atoms with E-state index in [1.54, 1.807) is 7.05 Å². The van der Waals surface area contributed by atoms with E-state index in [1.165, 1.54) is 38.0 Å². The van der Waals surface area contributed by atoms with Crippen molar-refractivity contribution < 1.29 is 32.3 Å². The standard InChI is InChI=1S/C17H21N6O7S/c1-10-6-7-11(2)15(22(26)27)14(10)19-31(28,29)16-18-12-8-13(24)20(3)23(12,4)9-21(16)17(25)30-5/h6-8,19H,9H2,1-5H3/q+1. The molecule has 1 aromatic rings. The Morgan fingerprint density at radius 1 is 1.32 bits per heavy atom. The van der Waals surface area contributed by atoms with Gasteiger partial charge in [0, 0.05) is 5.56 Å². The third-order valence-corrected chi connectivity index (χ3v) is 6.49. The fourth-order valence-electron chi connectivity index (χ4n) is 3.31. The number of carbonyl (C=O) groups is 2. The van der Waals surface area contributed by atoms with Gasteiger partial charge in [0.05, 0.1) is 32.2 Å². The van der Waals surface area contributed by atoms with Crippen LogP contribution >= 0.6 is 0 Å². The molecular weight excluding hydrogens is 432 g/mol. The summed E-state index contributed by atoms with van der Waals surface area (Å²) in [6.45, 7) is 2.68. The third-order valence-electron chi connectivity index (χ3n) is 5.23. The molecule has 14 heteroatoms. The van der Waals surface area contributed by atoms with Crippen molar-refractivity contribution in [2.75, 3.05) is 32.6 Å². The Hall–Kier alpha value is -3.52. The van der Waals surface area contributed by atoms with Crippen molar-refractivity contribution in [1.29, 1.82) is 0 Å². The number of hydrogen-bond acceptors (Lipinski definition) is 8. The maximum absolute atomic E-state index is 13.2. The van der Waals surface area contributed by atoms with Crippen molar-refractivity contribution in [2.45, 2.75) is 13.8 Å². The van der Waals surface area contributed by atoms with E-state index in [-0.39, 0.29) is 28.3 Å². The number of nitrogens with one attached hydrogen (secondary N) is 1. The minimum absolute atomic E-state index is 0.0866. The van der Waals surface area contributed by atoms with Crippen LogP contribution in [-0.2, 0) is 19.6 Å². The van der Waals surface area contributed by atoms with Gasteiger partial charge in [-0.15, -0.1) is 0 Å². The summed E-state index contributed by atoms with van der Waals surface area (Å²) in [5.74, 6) is -0.341. The Morgan fingerprint density at radius 3 is 2.52 bits per heavy atom. The molecule has 0 bridgehead atoms. The minimum atomic E-state index is -4.60. The number of methoxy groups -OCH3 is 1. The highest BCUT2D eigenvalue weighted by molar-refractivity contribution is 8.07. The first-order valence-electron chi connectivity index (χ1n) is 8.91. The third kappa shape index (κ3) is 3.48. The van der Waals surface area contributed by atoms with E-state index in [0.717, 1.165) is 18.1 Å². The Bertz CT molecular complexity index is 1180. The van der Waals surface area contributed by atoms with Crippen LogP contribution in [0, 0.1) is 24.0 Å². The summed E-state index contributed by atoms with van der Waals surface area (Å²) in [6, 6.07) is 3.03. The molecule has 166 valence electrons. The molecule has 0 fully saturated rings. The molecule has 2 aliphatic rings. The number of likely N-dealkylation sites (N-methyl/N-ethyl adjacent to an activating group) is 1. The minimum Gasteiger partial charge on any atom is -0.452 e. The van der Waals surface area contributed by atoms with Gasteiger partial charge in [0.2, 0.25) is 0 Å². The van der Waals surface area contributed by atoms with Crippen molar-refractivity contribution in [3.8, 4) is 0 Å². The van der Waals surface area contributed by atoms with Crippen LogP contribution in [0.5, 0.6) is 0 Å². The van der Waals surface area contributed by atoms with E-state index in [4.69, 9.17) is 4.74 Å². The molecule has 3 rings (SSSR count). The van der Waals surface area contributed by atoms with Gasteiger partial charge in [-0.3, -0.25) is 19.6 Å². The number of anilines is 1. The molecule has 0 saturated heterocycles. The highest BCUT2D eigenvalue weighted by Gasteiger charge is 2.52. The van der Waals surface area contributed by atoms with Crippen molar-refractivity contribution in [3.63, 3.8) is 0 Å². The zero-order valence-electron chi connectivity index (χ0n) is 17.4. The fraction of sp³-hybridized carbons (Fsp3) is 0.353. The SMILES string of the molecule is COC(=O)N1C[N+]2(C)C(=CC(=O)N2C)N=C1S(=O)(=O)Nc1c(C)ccc(C)c1[N+](=O)[O-]. The van der Waals surface area contributed by atoms with Gasteiger partial charge in [0.15, 0.2) is 6.67 Å². The molecule has 1 atom stereocenters. The Kier molecular flexibility index (Phi) is 5.23. The smallest absolute Gasteiger partial charge is 0.420 e. The summed E-state index contributed by atoms with van der Waals surface area (Å²) in [6.07, 6.45) is 0.135. The van der Waals surface area contributed by atoms with E-state index < -0.39 is 37.8 Å². The van der Waals surface area contributed by atoms with Gasteiger partial charge in [0.25, 0.3) is 32.6 Å². The number of benzene rings is 1. The van der Waals surface area contributed by atoms with Crippen LogP contribution in [0.3, 0.4) is 0 Å². The summed E-state index contributed by atoms with van der Waals surface area (Å²) in [5, 5.41) is 12.1. The molecule has 2 aliphatic heterocycles. The van der Waals surface area contributed by atoms with Crippen LogP contribution in [0.4, 0.5) is 16.2 Å². The maximum Gasteiger partial charge on any atom is 0.420 e. The molecule has 0 radical (unpaired) electrons. The van der Waals surface area contributed by atoms with E-state index in [9.17, 15) is 28.1 Å². The predicted molar refractivity (Wildman–Crippen MR) is 109 cm³/mol. The van der Waals surface area contributed by atoms with E-state index in [0.29, 0.717) is 5.56 Å². The van der Waals surface area contributed by atoms with Crippen LogP contribution in [0.15, 0.2) is 29.0 Å². The summed E-state index contributed by atoms with van der Waals surface area (Å²) in [7, 11) is -0.475. The molecule has 1 unspecified atom stereocenters. The second kappa shape index (κ2) is 7.31. The number of ether oxygens (including phenoxy) is 1. The van der Waals surface area contributed by atoms with Crippen LogP contribution < -0.4 is 4.72 Å². The number of sulfonamides is 1. The van der Waals surface area contributed by atoms with Crippen LogP contribution in [0.2, 0.25) is 0 Å². The second-order valence-corrected chi connectivity index (χ2v) is 8.80. The van der Waals surface area contributed by atoms with Gasteiger partial charge in [0.1, 0.15) is 5.69 Å². The second-order valence-electron chi connectivity index (χ2n) is 7.22. The molecule has 0 spiro atoms. The number of carbonyl (C=O) groups excluding carboxylic acids is 2. The molecule has 1 N–H and O–H groups in total. The average Bonchev–Trinajstić information content (AvgIpc) is 2.91. The van der Waals surface area contributed by atoms with Crippen LogP contribution in [-0.4, -0.2) is 72.9 Å². The van der Waals surface area contributed by atoms with Crippen molar-refractivity contribution in [3.05, 3.63) is 45.3 Å². The van der Waals surface area contributed by atoms with Gasteiger partial charge in [-0.1, -0.05) is 12.1 Å². The summed E-state index contributed by atoms with van der Waals surface area (Å²) in [4.78, 5) is 40.2. The van der Waals surface area contributed by atoms with Gasteiger partial charge < -0.3 is 4.74 Å². The predicted octanol–water partition coefficient (Wildman–Crippen LogP) is 1.02. The topological polar surface area (TPSA) is 152 Å². The van der Waals surface area contributed by atoms with Crippen molar-refractivity contribution >= 4 is 38.6 Å². The van der Waals surface area contributed by atoms with Gasteiger partial charge in [-0.25, -0.2) is 4.79 Å². The largest absolute Gasteiger partial charge is 0.452 e. The number of fused-ring (bicyclic) bond motifs is 1. The fourth-order valence-corrected chi connectivity index (χ4v) is 4.56. The normalized spacial score (nSPS) is 20.7. The number of aryl methyl sites for hydroxylation is 2. The quantitative estimate of drug-likeness (QED) is 0.407. The number of amidine groups is 1. The lowest BCUT2D eigenvalue weighted by molar-refractivity contribution is -0.974. The number of nitro benzene ring substituents is 1. The van der Waals surface area contributed by atoms with Crippen LogP contribution in [0.25, 0.3) is 0 Å². The zero-order chi connectivity index (χ0) is 23.3. The van der Waals surface area contributed by atoms with Gasteiger partial charge >= 0.3 is 6.09 Å². The van der Waals surface area contributed by atoms with Crippen molar-refractivity contribution in [1.82, 2.24) is 9.91 Å². The maximum atomic E-state index is 13.2. The molecule has 0 saturated carbocycles. The Balaban J connectivity index is 2.16. The van der Waals surface area contributed by atoms with Crippen molar-refractivity contribution in [2.24, 2.45) is 4.99 Å². The summed E-state index contributed by atoms with van der Waals surface area (Å²) in [5.41, 5.74) is -0.106. The van der Waals surface area contributed by atoms with E-state index in [2.05, 4.69) is 9.71 Å². The molecule has 0 aliphatic carbocycles. The highest BCUT2D eigenvalue weighted by atomic mass is 32.2. The first-order chi connectivity index (χ1) is 14.3. The number of nitrogens with zero attached hydrogens (tertiary/aromatic N) is 5. The lowest BCUT2D eigenvalue weighted by Gasteiger charge is -2.40. The highest BCUT2D eigenvalue weighted by Crippen LogP contribution is 2.35. The van der Waals surface area contributed by atoms with Gasteiger partial charge in [-0.2, -0.15) is 27.9 Å². The zero-order valence-corrected chi connectivity index (χ0v) is 18.3. The van der Waals surface area contributed by atoms with E-state index in [1.807, 2.05) is 0 Å². The van der Waals surface area contributed by atoms with Crippen LogP contribution in [0.1, 0.15) is 11.1 Å². The Morgan fingerprint density at radius 2 is 1.94 bits per heavy atom. The number of nitro groups is 1. The first kappa shape index (κ1) is 22.2. The molecule has 0 aromatic heterocycles. The van der Waals surface area contributed by atoms with Gasteiger partial charge in [-0.05, 0) is 19.4 Å². The lowest BCUT2D eigenvalue weighted by Crippen LogP contribution is -2.63. The molecule has 13 nitrogen and oxygen atoms in total. The molecule has 1 aromatic carbocycles. The average molecular weight is 453 g/mol. The molecule has 2 heterocycles. The number of aliphatic imine (C=N–C) groups is 1. The number of amides is 2.